The van der Waals surface area contributed by atoms with Crippen molar-refractivity contribution in [3.63, 3.8) is 0 Å². The first-order valence-corrected chi connectivity index (χ1v) is 10.5. The molecule has 1 aliphatic carbocycles. The van der Waals surface area contributed by atoms with Gasteiger partial charge in [-0.2, -0.15) is 0 Å². The fraction of sp³-hybridized carbons (Fsp3) is 0.429. The Morgan fingerprint density at radius 1 is 1.30 bits per heavy atom. The Balaban J connectivity index is 1.55. The average molecular weight is 454 g/mol. The van der Waals surface area contributed by atoms with Gasteiger partial charge in [0.1, 0.15) is 5.60 Å². The van der Waals surface area contributed by atoms with E-state index in [-0.39, 0.29) is 37.2 Å². The van der Waals surface area contributed by atoms with Gasteiger partial charge < -0.3 is 15.5 Å². The summed E-state index contributed by atoms with van der Waals surface area (Å²) in [7, 11) is 0. The molecule has 1 aliphatic heterocycles. The van der Waals surface area contributed by atoms with Crippen LogP contribution in [0.4, 0.5) is 4.39 Å². The minimum absolute atomic E-state index is 0.0369. The number of carbonyl (C=O) groups excluding carboxylic acids is 1. The molecule has 0 spiro atoms. The summed E-state index contributed by atoms with van der Waals surface area (Å²) in [6.45, 7) is 1.18. The molecule has 3 N–H and O–H groups in total. The number of halogens is 3. The second-order valence-electron chi connectivity index (χ2n) is 8.00. The van der Waals surface area contributed by atoms with E-state index in [4.69, 9.17) is 23.2 Å². The molecule has 160 valence electrons. The van der Waals surface area contributed by atoms with Gasteiger partial charge in [0.2, 0.25) is 5.67 Å². The topological polar surface area (TPSA) is 85.7 Å². The summed E-state index contributed by atoms with van der Waals surface area (Å²) in [6.07, 6.45) is 0.922. The molecule has 0 radical (unpaired) electrons. The number of amides is 1. The standard InChI is InChI=1S/C21H22Cl2FN3O3/c22-14-4-3-13(17(23)8-14)9-26-19(29)21(24)6-5-20(30,12-27-10-15(28)11-27)18-16(21)2-1-7-25-18/h1-4,7-8,15,28,30H,5-6,9-12H2,(H,26,29)/t20?,21-/m1/s1. The van der Waals surface area contributed by atoms with Crippen molar-refractivity contribution < 1.29 is 19.4 Å². The largest absolute Gasteiger partial charge is 0.390 e. The number of nitrogens with one attached hydrogen (secondary N) is 1. The van der Waals surface area contributed by atoms with Gasteiger partial charge in [0.15, 0.2) is 0 Å². The number of hydrogen-bond acceptors (Lipinski definition) is 5. The quantitative estimate of drug-likeness (QED) is 0.647. The fourth-order valence-corrected chi connectivity index (χ4v) is 4.62. The van der Waals surface area contributed by atoms with Crippen LogP contribution >= 0.6 is 23.2 Å². The van der Waals surface area contributed by atoms with Crippen molar-refractivity contribution in [2.75, 3.05) is 19.6 Å². The predicted octanol–water partition coefficient (Wildman–Crippen LogP) is 2.53. The van der Waals surface area contributed by atoms with Crippen LogP contribution in [0.3, 0.4) is 0 Å². The summed E-state index contributed by atoms with van der Waals surface area (Å²) in [6, 6.07) is 7.92. The SMILES string of the molecule is O=C(NCc1ccc(Cl)cc1Cl)[C@@]1(F)CCC(O)(CN2CC(O)C2)c2ncccc21. The lowest BCUT2D eigenvalue weighted by molar-refractivity contribution is -0.138. The summed E-state index contributed by atoms with van der Waals surface area (Å²) in [4.78, 5) is 19.0. The second kappa shape index (κ2) is 8.05. The van der Waals surface area contributed by atoms with E-state index < -0.39 is 23.3 Å². The van der Waals surface area contributed by atoms with Crippen LogP contribution in [0.2, 0.25) is 10.0 Å². The minimum atomic E-state index is -2.32. The molecule has 30 heavy (non-hydrogen) atoms. The van der Waals surface area contributed by atoms with Crippen LogP contribution in [0.1, 0.15) is 29.7 Å². The maximum atomic E-state index is 16.0. The lowest BCUT2D eigenvalue weighted by atomic mass is 9.74. The molecule has 4 rings (SSSR count). The number of hydrogen-bond donors (Lipinski definition) is 3. The van der Waals surface area contributed by atoms with Crippen LogP contribution < -0.4 is 5.32 Å². The molecule has 2 atom stereocenters. The number of nitrogens with zero attached hydrogens (tertiary/aromatic N) is 2. The number of pyridine rings is 1. The average Bonchev–Trinajstić information content (AvgIpc) is 2.69. The van der Waals surface area contributed by atoms with Gasteiger partial charge in [0.25, 0.3) is 5.91 Å². The van der Waals surface area contributed by atoms with E-state index in [1.54, 1.807) is 24.3 Å². The molecular weight excluding hydrogens is 432 g/mol. The summed E-state index contributed by atoms with van der Waals surface area (Å²) in [5.74, 6) is -0.802. The Hall–Kier alpha value is -1.77. The Labute approximate surface area is 183 Å². The number of fused-ring (bicyclic) bond motifs is 1. The maximum absolute atomic E-state index is 16.0. The number of likely N-dealkylation sites (tertiary alicyclic amines) is 1. The Bertz CT molecular complexity index is 972. The highest BCUT2D eigenvalue weighted by Gasteiger charge is 2.52. The van der Waals surface area contributed by atoms with Crippen molar-refractivity contribution in [1.29, 1.82) is 0 Å². The normalized spacial score (nSPS) is 26.7. The number of alkyl halides is 1. The molecule has 0 saturated carbocycles. The summed E-state index contributed by atoms with van der Waals surface area (Å²) < 4.78 is 16.0. The zero-order valence-corrected chi connectivity index (χ0v) is 17.6. The van der Waals surface area contributed by atoms with Gasteiger partial charge in [-0.3, -0.25) is 14.7 Å². The van der Waals surface area contributed by atoms with E-state index in [0.29, 0.717) is 28.7 Å². The van der Waals surface area contributed by atoms with Crippen LogP contribution in [0.15, 0.2) is 36.5 Å². The van der Waals surface area contributed by atoms with E-state index in [0.717, 1.165) is 0 Å². The highest BCUT2D eigenvalue weighted by molar-refractivity contribution is 6.35. The van der Waals surface area contributed by atoms with Crippen LogP contribution in [-0.2, 0) is 22.6 Å². The molecule has 2 heterocycles. The van der Waals surface area contributed by atoms with E-state index in [1.165, 1.54) is 12.3 Å². The molecule has 1 saturated heterocycles. The van der Waals surface area contributed by atoms with Crippen molar-refractivity contribution in [2.24, 2.45) is 0 Å². The Kier molecular flexibility index (Phi) is 5.76. The summed E-state index contributed by atoms with van der Waals surface area (Å²) >= 11 is 12.0. The van der Waals surface area contributed by atoms with Gasteiger partial charge in [-0.15, -0.1) is 0 Å². The lowest BCUT2D eigenvalue weighted by Crippen LogP contribution is -2.57. The molecule has 0 bridgehead atoms. The lowest BCUT2D eigenvalue weighted by Gasteiger charge is -2.45. The van der Waals surface area contributed by atoms with Gasteiger partial charge >= 0.3 is 0 Å². The molecule has 2 aromatic rings. The summed E-state index contributed by atoms with van der Waals surface area (Å²) in [5, 5.41) is 24.2. The van der Waals surface area contributed by atoms with Gasteiger partial charge in [-0.25, -0.2) is 4.39 Å². The molecule has 6 nitrogen and oxygen atoms in total. The first-order chi connectivity index (χ1) is 14.2. The number of aliphatic hydroxyl groups excluding tert-OH is 1. The second-order valence-corrected chi connectivity index (χ2v) is 8.84. The van der Waals surface area contributed by atoms with Gasteiger partial charge in [-0.1, -0.05) is 35.3 Å². The van der Waals surface area contributed by atoms with Crippen molar-refractivity contribution in [3.05, 3.63) is 63.4 Å². The number of rotatable bonds is 5. The van der Waals surface area contributed by atoms with Crippen molar-refractivity contribution in [1.82, 2.24) is 15.2 Å². The first-order valence-electron chi connectivity index (χ1n) is 9.71. The monoisotopic (exact) mass is 453 g/mol. The third-order valence-corrected chi connectivity index (χ3v) is 6.38. The highest BCUT2D eigenvalue weighted by atomic mass is 35.5. The number of aliphatic hydroxyl groups is 2. The highest BCUT2D eigenvalue weighted by Crippen LogP contribution is 2.46. The van der Waals surface area contributed by atoms with Crippen LogP contribution in [-0.4, -0.2) is 51.7 Å². The van der Waals surface area contributed by atoms with E-state index in [2.05, 4.69) is 10.3 Å². The zero-order chi connectivity index (χ0) is 21.5. The first kappa shape index (κ1) is 21.5. The van der Waals surface area contributed by atoms with E-state index in [9.17, 15) is 15.0 Å². The van der Waals surface area contributed by atoms with Crippen LogP contribution in [0.25, 0.3) is 0 Å². The Morgan fingerprint density at radius 2 is 2.07 bits per heavy atom. The predicted molar refractivity (Wildman–Crippen MR) is 111 cm³/mol. The zero-order valence-electron chi connectivity index (χ0n) is 16.1. The maximum Gasteiger partial charge on any atom is 0.262 e. The van der Waals surface area contributed by atoms with E-state index in [1.807, 2.05) is 4.90 Å². The molecule has 1 aromatic heterocycles. The van der Waals surface area contributed by atoms with Crippen LogP contribution in [0.5, 0.6) is 0 Å². The molecule has 1 fully saturated rings. The molecule has 1 unspecified atom stereocenters. The molecule has 2 aliphatic rings. The van der Waals surface area contributed by atoms with Crippen LogP contribution in [0, 0.1) is 0 Å². The van der Waals surface area contributed by atoms with Crippen molar-refractivity contribution in [2.45, 2.75) is 36.8 Å². The fourth-order valence-electron chi connectivity index (χ4n) is 4.14. The smallest absolute Gasteiger partial charge is 0.262 e. The number of benzene rings is 1. The summed E-state index contributed by atoms with van der Waals surface area (Å²) in [5.41, 5.74) is -2.85. The molecule has 9 heteroatoms. The van der Waals surface area contributed by atoms with Gasteiger partial charge in [0.05, 0.1) is 11.8 Å². The molecule has 1 amide bonds. The van der Waals surface area contributed by atoms with E-state index >= 15 is 4.39 Å². The third-order valence-electron chi connectivity index (χ3n) is 5.80. The third kappa shape index (κ3) is 3.92. The van der Waals surface area contributed by atoms with Crippen molar-refractivity contribution in [3.8, 4) is 0 Å². The number of carbonyl (C=O) groups is 1. The molecule has 1 aromatic carbocycles. The minimum Gasteiger partial charge on any atom is -0.390 e. The van der Waals surface area contributed by atoms with Gasteiger partial charge in [-0.05, 0) is 36.6 Å². The Morgan fingerprint density at radius 3 is 2.77 bits per heavy atom. The molecular formula is C21H22Cl2FN3O3. The number of β-amino-alcohol motifs (C(OH)–C–C–N with tert-alkyl or cyclic N) is 2. The number of aromatic nitrogens is 1. The van der Waals surface area contributed by atoms with Crippen molar-refractivity contribution >= 4 is 29.1 Å². The van der Waals surface area contributed by atoms with Gasteiger partial charge in [0, 0.05) is 48.0 Å².